The predicted molar refractivity (Wildman–Crippen MR) is 74.6 cm³/mol. The van der Waals surface area contributed by atoms with Crippen molar-refractivity contribution in [2.24, 2.45) is 17.6 Å². The van der Waals surface area contributed by atoms with E-state index in [1.807, 2.05) is 24.3 Å². The van der Waals surface area contributed by atoms with Gasteiger partial charge in [-0.1, -0.05) is 18.6 Å². The molecule has 0 bridgehead atoms. The molecule has 4 N–H and O–H groups in total. The third-order valence-electron chi connectivity index (χ3n) is 3.93. The molecule has 1 aliphatic carbocycles. The fourth-order valence-corrected chi connectivity index (χ4v) is 2.89. The number of fused-ring (bicyclic) bond motifs is 1. The fraction of sp³-hybridized carbons (Fsp3) is 0.429. The van der Waals surface area contributed by atoms with Crippen molar-refractivity contribution in [1.29, 1.82) is 0 Å². The summed E-state index contributed by atoms with van der Waals surface area (Å²) in [7, 11) is 0. The fourth-order valence-electron chi connectivity index (χ4n) is 2.89. The first-order valence-electron chi connectivity index (χ1n) is 6.73. The van der Waals surface area contributed by atoms with Crippen LogP contribution in [0.15, 0.2) is 24.3 Å². The standard InChI is InChI=1S/C14H18N4O/c15-8-9-4-3-5-10(9)13(19)18-14-16-11-6-1-2-7-12(11)17-14/h1-2,6-7,9-10H,3-5,8,15H2,(H2,16,17,18,19). The first kappa shape index (κ1) is 12.2. The van der Waals surface area contributed by atoms with E-state index in [-0.39, 0.29) is 11.8 Å². The van der Waals surface area contributed by atoms with Crippen LogP contribution in [0, 0.1) is 11.8 Å². The molecular formula is C14H18N4O. The number of nitrogens with one attached hydrogen (secondary N) is 2. The van der Waals surface area contributed by atoms with E-state index >= 15 is 0 Å². The SMILES string of the molecule is NCC1CCCC1C(=O)Nc1nc2ccccc2[nH]1. The smallest absolute Gasteiger partial charge is 0.230 e. The molecule has 0 radical (unpaired) electrons. The molecule has 0 spiro atoms. The Kier molecular flexibility index (Phi) is 3.21. The normalized spacial score (nSPS) is 22.8. The molecule has 5 nitrogen and oxygen atoms in total. The van der Waals surface area contributed by atoms with E-state index in [2.05, 4.69) is 15.3 Å². The third-order valence-corrected chi connectivity index (χ3v) is 3.93. The summed E-state index contributed by atoms with van der Waals surface area (Å²) in [6, 6.07) is 7.72. The highest BCUT2D eigenvalue weighted by Gasteiger charge is 2.32. The Morgan fingerprint density at radius 2 is 2.26 bits per heavy atom. The van der Waals surface area contributed by atoms with Gasteiger partial charge in [0.25, 0.3) is 0 Å². The van der Waals surface area contributed by atoms with Gasteiger partial charge in [0.2, 0.25) is 11.9 Å². The summed E-state index contributed by atoms with van der Waals surface area (Å²) in [5.74, 6) is 0.892. The zero-order chi connectivity index (χ0) is 13.2. The van der Waals surface area contributed by atoms with Crippen LogP contribution in [-0.2, 0) is 4.79 Å². The number of hydrogen-bond donors (Lipinski definition) is 3. The van der Waals surface area contributed by atoms with Crippen molar-refractivity contribution in [2.75, 3.05) is 11.9 Å². The first-order valence-corrected chi connectivity index (χ1v) is 6.73. The maximum Gasteiger partial charge on any atom is 0.230 e. The van der Waals surface area contributed by atoms with Gasteiger partial charge in [-0.25, -0.2) is 4.98 Å². The number of benzene rings is 1. The number of nitrogens with zero attached hydrogens (tertiary/aromatic N) is 1. The summed E-state index contributed by atoms with van der Waals surface area (Å²) in [6.45, 7) is 0.582. The van der Waals surface area contributed by atoms with Crippen molar-refractivity contribution in [2.45, 2.75) is 19.3 Å². The highest BCUT2D eigenvalue weighted by atomic mass is 16.2. The zero-order valence-corrected chi connectivity index (χ0v) is 10.7. The molecular weight excluding hydrogens is 240 g/mol. The van der Waals surface area contributed by atoms with E-state index < -0.39 is 0 Å². The van der Waals surface area contributed by atoms with Crippen molar-refractivity contribution >= 4 is 22.9 Å². The molecule has 2 unspecified atom stereocenters. The average molecular weight is 258 g/mol. The molecule has 2 atom stereocenters. The summed E-state index contributed by atoms with van der Waals surface area (Å²) in [6.07, 6.45) is 3.06. The number of aromatic nitrogens is 2. The minimum atomic E-state index is 0.0261. The lowest BCUT2D eigenvalue weighted by atomic mass is 9.95. The van der Waals surface area contributed by atoms with Gasteiger partial charge < -0.3 is 10.7 Å². The summed E-state index contributed by atoms with van der Waals surface area (Å²) in [5.41, 5.74) is 7.50. The van der Waals surface area contributed by atoms with E-state index in [0.29, 0.717) is 18.4 Å². The predicted octanol–water partition coefficient (Wildman–Crippen LogP) is 1.88. The van der Waals surface area contributed by atoms with E-state index in [9.17, 15) is 4.79 Å². The van der Waals surface area contributed by atoms with E-state index in [1.54, 1.807) is 0 Å². The monoisotopic (exact) mass is 258 g/mol. The number of carbonyl (C=O) groups is 1. The number of carbonyl (C=O) groups excluding carboxylic acids is 1. The molecule has 0 saturated heterocycles. The molecule has 1 aromatic heterocycles. The largest absolute Gasteiger partial charge is 0.330 e. The molecule has 19 heavy (non-hydrogen) atoms. The second-order valence-corrected chi connectivity index (χ2v) is 5.12. The lowest BCUT2D eigenvalue weighted by Gasteiger charge is -2.16. The quantitative estimate of drug-likeness (QED) is 0.786. The summed E-state index contributed by atoms with van der Waals surface area (Å²) < 4.78 is 0. The minimum absolute atomic E-state index is 0.0261. The number of anilines is 1. The third kappa shape index (κ3) is 2.33. The summed E-state index contributed by atoms with van der Waals surface area (Å²) in [5, 5.41) is 2.88. The van der Waals surface area contributed by atoms with Crippen LogP contribution in [-0.4, -0.2) is 22.4 Å². The number of rotatable bonds is 3. The first-order chi connectivity index (χ1) is 9.28. The van der Waals surface area contributed by atoms with E-state index in [0.717, 1.165) is 30.3 Å². The minimum Gasteiger partial charge on any atom is -0.330 e. The van der Waals surface area contributed by atoms with Crippen molar-refractivity contribution < 1.29 is 4.79 Å². The number of hydrogen-bond acceptors (Lipinski definition) is 3. The van der Waals surface area contributed by atoms with Crippen LogP contribution in [0.3, 0.4) is 0 Å². The zero-order valence-electron chi connectivity index (χ0n) is 10.7. The topological polar surface area (TPSA) is 83.8 Å². The highest BCUT2D eigenvalue weighted by molar-refractivity contribution is 5.93. The lowest BCUT2D eigenvalue weighted by molar-refractivity contribution is -0.120. The van der Waals surface area contributed by atoms with Crippen LogP contribution < -0.4 is 11.1 Å². The van der Waals surface area contributed by atoms with Crippen molar-refractivity contribution in [1.82, 2.24) is 9.97 Å². The van der Waals surface area contributed by atoms with E-state index in [4.69, 9.17) is 5.73 Å². The van der Waals surface area contributed by atoms with Crippen LogP contribution in [0.25, 0.3) is 11.0 Å². The Balaban J connectivity index is 1.75. The second-order valence-electron chi connectivity index (χ2n) is 5.12. The number of amides is 1. The number of imidazole rings is 1. The highest BCUT2D eigenvalue weighted by Crippen LogP contribution is 2.31. The second kappa shape index (κ2) is 5.01. The van der Waals surface area contributed by atoms with Crippen LogP contribution in [0.1, 0.15) is 19.3 Å². The van der Waals surface area contributed by atoms with Crippen molar-refractivity contribution in [3.05, 3.63) is 24.3 Å². The molecule has 1 amide bonds. The molecule has 5 heteroatoms. The number of H-pyrrole nitrogens is 1. The molecule has 1 aliphatic rings. The average Bonchev–Trinajstić information content (AvgIpc) is 3.03. The van der Waals surface area contributed by atoms with Gasteiger partial charge in [-0.05, 0) is 37.4 Å². The van der Waals surface area contributed by atoms with Gasteiger partial charge >= 0.3 is 0 Å². The molecule has 0 aliphatic heterocycles. The molecule has 2 aromatic rings. The van der Waals surface area contributed by atoms with Crippen molar-refractivity contribution in [3.63, 3.8) is 0 Å². The van der Waals surface area contributed by atoms with Crippen molar-refractivity contribution in [3.8, 4) is 0 Å². The maximum atomic E-state index is 12.2. The Hall–Kier alpha value is -1.88. The van der Waals surface area contributed by atoms with Gasteiger partial charge in [0.1, 0.15) is 0 Å². The Morgan fingerprint density at radius 1 is 1.42 bits per heavy atom. The summed E-state index contributed by atoms with van der Waals surface area (Å²) >= 11 is 0. The van der Waals surface area contributed by atoms with Gasteiger partial charge in [0, 0.05) is 5.92 Å². The van der Waals surface area contributed by atoms with Crippen LogP contribution in [0.4, 0.5) is 5.95 Å². The summed E-state index contributed by atoms with van der Waals surface area (Å²) in [4.78, 5) is 19.7. The Labute approximate surface area is 111 Å². The lowest BCUT2D eigenvalue weighted by Crippen LogP contribution is -2.30. The van der Waals surface area contributed by atoms with Gasteiger partial charge in [-0.15, -0.1) is 0 Å². The number of aromatic amines is 1. The molecule has 1 aromatic carbocycles. The molecule has 1 heterocycles. The van der Waals surface area contributed by atoms with Gasteiger partial charge in [-0.2, -0.15) is 0 Å². The molecule has 1 saturated carbocycles. The van der Waals surface area contributed by atoms with Gasteiger partial charge in [0.15, 0.2) is 0 Å². The molecule has 100 valence electrons. The maximum absolute atomic E-state index is 12.2. The number of para-hydroxylation sites is 2. The van der Waals surface area contributed by atoms with Crippen LogP contribution in [0.2, 0.25) is 0 Å². The Morgan fingerprint density at radius 3 is 3.05 bits per heavy atom. The van der Waals surface area contributed by atoms with E-state index in [1.165, 1.54) is 0 Å². The Bertz CT molecular complexity index is 559. The van der Waals surface area contributed by atoms with Gasteiger partial charge in [0.05, 0.1) is 11.0 Å². The number of nitrogens with two attached hydrogens (primary N) is 1. The molecule has 3 rings (SSSR count). The van der Waals surface area contributed by atoms with Gasteiger partial charge in [-0.3, -0.25) is 10.1 Å². The molecule has 1 fully saturated rings. The van der Waals surface area contributed by atoms with Crippen LogP contribution in [0.5, 0.6) is 0 Å². The van der Waals surface area contributed by atoms with Crippen LogP contribution >= 0.6 is 0 Å².